The van der Waals surface area contributed by atoms with E-state index in [0.717, 1.165) is 10.7 Å². The molecule has 2 heterocycles. The van der Waals surface area contributed by atoms with E-state index in [-0.39, 0.29) is 4.90 Å². The van der Waals surface area contributed by atoms with Gasteiger partial charge < -0.3 is 10.7 Å². The zero-order valence-corrected chi connectivity index (χ0v) is 11.9. The largest absolute Gasteiger partial charge is 0.349 e. The normalized spacial score (nSPS) is 11.8. The maximum absolute atomic E-state index is 12.0. The molecule has 4 N–H and O–H groups in total. The van der Waals surface area contributed by atoms with Gasteiger partial charge in [0.1, 0.15) is 5.82 Å². The van der Waals surface area contributed by atoms with E-state index in [4.69, 9.17) is 5.73 Å². The molecule has 2 rings (SSSR count). The first-order chi connectivity index (χ1) is 9.12. The summed E-state index contributed by atoms with van der Waals surface area (Å²) >= 11 is 1.35. The van der Waals surface area contributed by atoms with E-state index < -0.39 is 10.0 Å². The molecule has 0 saturated carbocycles. The molecule has 6 nitrogen and oxygen atoms in total. The Morgan fingerprint density at radius 2 is 2.32 bits per heavy atom. The van der Waals surface area contributed by atoms with Crippen LogP contribution in [0.4, 0.5) is 0 Å². The Morgan fingerprint density at radius 1 is 1.47 bits per heavy atom. The van der Waals surface area contributed by atoms with Crippen LogP contribution in [0.5, 0.6) is 0 Å². The SMILES string of the molecule is NCc1cc(S(=O)(=O)NCCCc2ncc[nH]2)cs1. The van der Waals surface area contributed by atoms with Gasteiger partial charge in [-0.1, -0.05) is 0 Å². The number of nitrogens with one attached hydrogen (secondary N) is 2. The van der Waals surface area contributed by atoms with Gasteiger partial charge in [0, 0.05) is 42.2 Å². The molecule has 0 fully saturated rings. The maximum Gasteiger partial charge on any atom is 0.241 e. The van der Waals surface area contributed by atoms with Gasteiger partial charge in [0.05, 0.1) is 4.90 Å². The molecule has 0 radical (unpaired) electrons. The van der Waals surface area contributed by atoms with Crippen LogP contribution in [0, 0.1) is 0 Å². The fraction of sp³-hybridized carbons (Fsp3) is 0.364. The van der Waals surface area contributed by atoms with Crippen LogP contribution in [0.15, 0.2) is 28.7 Å². The van der Waals surface area contributed by atoms with Crippen LogP contribution in [-0.4, -0.2) is 24.9 Å². The minimum Gasteiger partial charge on any atom is -0.349 e. The Hall–Kier alpha value is -1.22. The number of hydrogen-bond acceptors (Lipinski definition) is 5. The summed E-state index contributed by atoms with van der Waals surface area (Å²) in [6.07, 6.45) is 4.84. The van der Waals surface area contributed by atoms with E-state index in [0.29, 0.717) is 25.9 Å². The van der Waals surface area contributed by atoms with Crippen molar-refractivity contribution in [1.29, 1.82) is 0 Å². The summed E-state index contributed by atoms with van der Waals surface area (Å²) in [6, 6.07) is 1.61. The lowest BCUT2D eigenvalue weighted by molar-refractivity contribution is 0.578. The van der Waals surface area contributed by atoms with Gasteiger partial charge in [-0.15, -0.1) is 11.3 Å². The third-order valence-electron chi connectivity index (χ3n) is 2.58. The lowest BCUT2D eigenvalue weighted by Gasteiger charge is -2.04. The molecule has 0 aliphatic carbocycles. The Morgan fingerprint density at radius 3 is 2.95 bits per heavy atom. The van der Waals surface area contributed by atoms with E-state index >= 15 is 0 Å². The van der Waals surface area contributed by atoms with Gasteiger partial charge >= 0.3 is 0 Å². The Bertz CT molecular complexity index is 604. The van der Waals surface area contributed by atoms with Crippen LogP contribution in [0.25, 0.3) is 0 Å². The second-order valence-electron chi connectivity index (χ2n) is 3.99. The van der Waals surface area contributed by atoms with Crippen LogP contribution < -0.4 is 10.5 Å². The molecular weight excluding hydrogens is 284 g/mol. The van der Waals surface area contributed by atoms with Gasteiger partial charge in [-0.05, 0) is 12.5 Å². The van der Waals surface area contributed by atoms with Gasteiger partial charge in [-0.2, -0.15) is 0 Å². The predicted molar refractivity (Wildman–Crippen MR) is 74.3 cm³/mol. The molecule has 0 atom stereocenters. The number of nitrogens with zero attached hydrogens (tertiary/aromatic N) is 1. The number of aromatic nitrogens is 2. The van der Waals surface area contributed by atoms with Crippen LogP contribution in [0.3, 0.4) is 0 Å². The topological polar surface area (TPSA) is 101 Å². The highest BCUT2D eigenvalue weighted by atomic mass is 32.2. The standard InChI is InChI=1S/C11H16N4O2S2/c12-7-9-6-10(8-18-9)19(16,17)15-3-1-2-11-13-4-5-14-11/h4-6,8,15H,1-3,7,12H2,(H,13,14). The molecule has 0 aliphatic rings. The molecule has 0 bridgehead atoms. The van der Waals surface area contributed by atoms with Crippen molar-refractivity contribution in [1.82, 2.24) is 14.7 Å². The Balaban J connectivity index is 1.84. The highest BCUT2D eigenvalue weighted by molar-refractivity contribution is 7.89. The first kappa shape index (κ1) is 14.2. The smallest absolute Gasteiger partial charge is 0.241 e. The molecule has 0 amide bonds. The van der Waals surface area contributed by atoms with Crippen LogP contribution in [0.1, 0.15) is 17.1 Å². The van der Waals surface area contributed by atoms with Gasteiger partial charge in [-0.25, -0.2) is 18.1 Å². The maximum atomic E-state index is 12.0. The second kappa shape index (κ2) is 6.29. The van der Waals surface area contributed by atoms with Crippen molar-refractivity contribution in [2.75, 3.05) is 6.54 Å². The number of rotatable bonds is 7. The average molecular weight is 300 g/mol. The molecule has 104 valence electrons. The van der Waals surface area contributed by atoms with Gasteiger partial charge in [0.2, 0.25) is 10.0 Å². The first-order valence-corrected chi connectivity index (χ1v) is 8.23. The molecule has 0 spiro atoms. The summed E-state index contributed by atoms with van der Waals surface area (Å²) in [5, 5.41) is 1.61. The minimum atomic E-state index is -3.42. The molecule has 0 saturated heterocycles. The Labute approximate surface area is 116 Å². The molecule has 8 heteroatoms. The molecule has 2 aromatic heterocycles. The van der Waals surface area contributed by atoms with Crippen molar-refractivity contribution < 1.29 is 8.42 Å². The van der Waals surface area contributed by atoms with Crippen LogP contribution in [-0.2, 0) is 23.0 Å². The van der Waals surface area contributed by atoms with Crippen LogP contribution >= 0.6 is 11.3 Å². The average Bonchev–Trinajstić information content (AvgIpc) is 3.05. The molecule has 0 aliphatic heterocycles. The summed E-state index contributed by atoms with van der Waals surface area (Å²) in [6.45, 7) is 0.746. The predicted octanol–water partition coefficient (Wildman–Crippen LogP) is 0.841. The number of imidazole rings is 1. The van der Waals surface area contributed by atoms with Crippen molar-refractivity contribution in [3.05, 3.63) is 34.5 Å². The molecule has 0 unspecified atom stereocenters. The van der Waals surface area contributed by atoms with Crippen LogP contribution in [0.2, 0.25) is 0 Å². The van der Waals surface area contributed by atoms with Gasteiger partial charge in [-0.3, -0.25) is 0 Å². The highest BCUT2D eigenvalue weighted by Gasteiger charge is 2.15. The molecular formula is C11H16N4O2S2. The summed E-state index contributed by atoms with van der Waals surface area (Å²) in [5.74, 6) is 0.861. The Kier molecular flexibility index (Phi) is 4.70. The zero-order valence-electron chi connectivity index (χ0n) is 10.3. The molecule has 0 aromatic carbocycles. The number of nitrogens with two attached hydrogens (primary N) is 1. The summed E-state index contributed by atoms with van der Waals surface area (Å²) in [7, 11) is -3.42. The lowest BCUT2D eigenvalue weighted by Crippen LogP contribution is -2.24. The zero-order chi connectivity index (χ0) is 13.7. The van der Waals surface area contributed by atoms with E-state index in [1.165, 1.54) is 11.3 Å². The van der Waals surface area contributed by atoms with Crippen molar-refractivity contribution in [2.24, 2.45) is 5.73 Å². The summed E-state index contributed by atoms with van der Waals surface area (Å²) in [5.41, 5.74) is 5.47. The molecule has 2 aromatic rings. The molecule has 19 heavy (non-hydrogen) atoms. The number of H-pyrrole nitrogens is 1. The van der Waals surface area contributed by atoms with Gasteiger partial charge in [0.25, 0.3) is 0 Å². The fourth-order valence-electron chi connectivity index (χ4n) is 1.59. The first-order valence-electron chi connectivity index (χ1n) is 5.87. The number of thiophene rings is 1. The number of aryl methyl sites for hydroxylation is 1. The number of hydrogen-bond donors (Lipinski definition) is 3. The third-order valence-corrected chi connectivity index (χ3v) is 5.13. The summed E-state index contributed by atoms with van der Waals surface area (Å²) < 4.78 is 26.5. The highest BCUT2D eigenvalue weighted by Crippen LogP contribution is 2.18. The van der Waals surface area contributed by atoms with E-state index in [9.17, 15) is 8.42 Å². The van der Waals surface area contributed by atoms with Crippen molar-refractivity contribution in [3.8, 4) is 0 Å². The second-order valence-corrected chi connectivity index (χ2v) is 6.75. The van der Waals surface area contributed by atoms with E-state index in [1.54, 1.807) is 23.8 Å². The van der Waals surface area contributed by atoms with Crippen molar-refractivity contribution >= 4 is 21.4 Å². The number of aromatic amines is 1. The summed E-state index contributed by atoms with van der Waals surface area (Å²) in [4.78, 5) is 8.20. The monoisotopic (exact) mass is 300 g/mol. The van der Waals surface area contributed by atoms with Crippen molar-refractivity contribution in [3.63, 3.8) is 0 Å². The van der Waals surface area contributed by atoms with E-state index in [2.05, 4.69) is 14.7 Å². The van der Waals surface area contributed by atoms with E-state index in [1.807, 2.05) is 0 Å². The van der Waals surface area contributed by atoms with Crippen molar-refractivity contribution in [2.45, 2.75) is 24.3 Å². The van der Waals surface area contributed by atoms with Gasteiger partial charge in [0.15, 0.2) is 0 Å². The number of sulfonamides is 1. The quantitative estimate of drug-likeness (QED) is 0.660. The fourth-order valence-corrected chi connectivity index (χ4v) is 3.82. The third kappa shape index (κ3) is 3.87. The minimum absolute atomic E-state index is 0.288. The lowest BCUT2D eigenvalue weighted by atomic mass is 10.3.